The number of guanidine groups is 1. The van der Waals surface area contributed by atoms with E-state index in [1.54, 1.807) is 32.4 Å². The number of hydrogen-bond donors (Lipinski definition) is 3. The molecule has 0 saturated carbocycles. The molecule has 1 heterocycles. The van der Waals surface area contributed by atoms with Crippen LogP contribution in [0.3, 0.4) is 0 Å². The fourth-order valence-corrected chi connectivity index (χ4v) is 3.44. The number of halogens is 1. The lowest BCUT2D eigenvalue weighted by molar-refractivity contribution is 0.186. The predicted octanol–water partition coefficient (Wildman–Crippen LogP) is 2.95. The van der Waals surface area contributed by atoms with Crippen molar-refractivity contribution in [2.75, 3.05) is 46.9 Å². The quantitative estimate of drug-likeness (QED) is 0.197. The highest BCUT2D eigenvalue weighted by molar-refractivity contribution is 14.0. The van der Waals surface area contributed by atoms with Crippen LogP contribution in [0.2, 0.25) is 0 Å². The molecule has 1 saturated heterocycles. The third kappa shape index (κ3) is 8.69. The maximum atomic E-state index is 10.6. The number of rotatable bonds is 9. The first-order chi connectivity index (χ1) is 13.9. The van der Waals surface area contributed by atoms with Crippen LogP contribution in [0, 0.1) is 0 Å². The lowest BCUT2D eigenvalue weighted by atomic mass is 10.0. The fraction of sp³-hybridized carbons (Fsp3) is 0.591. The molecule has 0 bridgehead atoms. The number of nitrogens with one attached hydrogen (secondary N) is 2. The Balaban J connectivity index is 0.00000450. The minimum absolute atomic E-state index is 0. The van der Waals surface area contributed by atoms with E-state index in [9.17, 15) is 5.11 Å². The maximum Gasteiger partial charge on any atom is 0.191 e. The molecule has 1 fully saturated rings. The number of aliphatic imine (C=N–C) groups is 1. The first-order valence-electron chi connectivity index (χ1n) is 10.3. The number of aliphatic hydroxyl groups excluding tert-OH is 1. The van der Waals surface area contributed by atoms with E-state index in [0.717, 1.165) is 45.0 Å². The second-order valence-corrected chi connectivity index (χ2v) is 7.53. The molecule has 3 N–H and O–H groups in total. The van der Waals surface area contributed by atoms with Crippen LogP contribution in [-0.2, 0) is 0 Å². The SMILES string of the molecule is C=C(C)CN1CCC(NC(=NCC(O)c2cc(OC)cc(OC)c2)NCC)CC1.I. The molecule has 2 rings (SSSR count). The van der Waals surface area contributed by atoms with Crippen molar-refractivity contribution >= 4 is 29.9 Å². The topological polar surface area (TPSA) is 78.4 Å². The van der Waals surface area contributed by atoms with E-state index in [0.29, 0.717) is 23.1 Å². The van der Waals surface area contributed by atoms with Gasteiger partial charge in [0, 0.05) is 38.3 Å². The molecule has 0 aromatic heterocycles. The van der Waals surface area contributed by atoms with Gasteiger partial charge in [0.15, 0.2) is 5.96 Å². The van der Waals surface area contributed by atoms with E-state index in [1.807, 2.05) is 6.92 Å². The van der Waals surface area contributed by atoms with Crippen molar-refractivity contribution in [1.29, 1.82) is 0 Å². The zero-order chi connectivity index (χ0) is 21.2. The van der Waals surface area contributed by atoms with Gasteiger partial charge in [-0.2, -0.15) is 0 Å². The summed E-state index contributed by atoms with van der Waals surface area (Å²) < 4.78 is 10.6. The molecule has 1 aliphatic heterocycles. The standard InChI is InChI=1S/C22H36N4O3.HI/c1-6-23-22(25-18-7-9-26(10-8-18)15-16(2)3)24-14-21(27)17-11-19(28-4)13-20(12-17)29-5;/h11-13,18,21,27H,2,6-10,14-15H2,1,3-5H3,(H2,23,24,25);1H. The summed E-state index contributed by atoms with van der Waals surface area (Å²) in [6.07, 6.45) is 1.38. The van der Waals surface area contributed by atoms with Crippen molar-refractivity contribution in [3.05, 3.63) is 35.9 Å². The number of benzene rings is 1. The lowest BCUT2D eigenvalue weighted by Gasteiger charge is -2.33. The Morgan fingerprint density at radius 1 is 1.23 bits per heavy atom. The molecule has 1 unspecified atom stereocenters. The third-order valence-electron chi connectivity index (χ3n) is 4.95. The van der Waals surface area contributed by atoms with E-state index < -0.39 is 6.10 Å². The van der Waals surface area contributed by atoms with E-state index in [-0.39, 0.29) is 30.5 Å². The van der Waals surface area contributed by atoms with Crippen molar-refractivity contribution in [3.63, 3.8) is 0 Å². The van der Waals surface area contributed by atoms with Gasteiger partial charge in [0.25, 0.3) is 0 Å². The number of piperidine rings is 1. The molecular formula is C22H37IN4O3. The Morgan fingerprint density at radius 2 is 1.83 bits per heavy atom. The van der Waals surface area contributed by atoms with Crippen LogP contribution in [-0.4, -0.2) is 69.0 Å². The Bertz CT molecular complexity index is 669. The van der Waals surface area contributed by atoms with Crippen LogP contribution in [0.1, 0.15) is 38.4 Å². The smallest absolute Gasteiger partial charge is 0.191 e. The van der Waals surface area contributed by atoms with Gasteiger partial charge in [-0.25, -0.2) is 0 Å². The van der Waals surface area contributed by atoms with Gasteiger partial charge in [0.2, 0.25) is 0 Å². The second kappa shape index (κ2) is 13.7. The van der Waals surface area contributed by atoms with Crippen molar-refractivity contribution in [1.82, 2.24) is 15.5 Å². The highest BCUT2D eigenvalue weighted by Crippen LogP contribution is 2.26. The maximum absolute atomic E-state index is 10.6. The molecule has 170 valence electrons. The average Bonchev–Trinajstić information content (AvgIpc) is 2.72. The van der Waals surface area contributed by atoms with Gasteiger partial charge in [-0.1, -0.05) is 12.2 Å². The van der Waals surface area contributed by atoms with E-state index >= 15 is 0 Å². The molecule has 1 aromatic rings. The number of ether oxygens (including phenoxy) is 2. The van der Waals surface area contributed by atoms with Crippen LogP contribution in [0.5, 0.6) is 11.5 Å². The number of methoxy groups -OCH3 is 2. The number of nitrogens with zero attached hydrogens (tertiary/aromatic N) is 2. The van der Waals surface area contributed by atoms with Gasteiger partial charge >= 0.3 is 0 Å². The number of hydrogen-bond acceptors (Lipinski definition) is 5. The fourth-order valence-electron chi connectivity index (χ4n) is 3.44. The summed E-state index contributed by atoms with van der Waals surface area (Å²) in [5.41, 5.74) is 1.92. The molecule has 0 radical (unpaired) electrons. The number of aliphatic hydroxyl groups is 1. The summed E-state index contributed by atoms with van der Waals surface area (Å²) in [6, 6.07) is 5.77. The number of likely N-dealkylation sites (tertiary alicyclic amines) is 1. The van der Waals surface area contributed by atoms with Crippen LogP contribution in [0.25, 0.3) is 0 Å². The second-order valence-electron chi connectivity index (χ2n) is 7.53. The van der Waals surface area contributed by atoms with Crippen LogP contribution < -0.4 is 20.1 Å². The van der Waals surface area contributed by atoms with E-state index in [4.69, 9.17) is 9.47 Å². The highest BCUT2D eigenvalue weighted by Gasteiger charge is 2.20. The van der Waals surface area contributed by atoms with E-state index in [2.05, 4.69) is 34.0 Å². The molecule has 0 amide bonds. The summed E-state index contributed by atoms with van der Waals surface area (Å²) in [6.45, 7) is 12.2. The van der Waals surface area contributed by atoms with Gasteiger partial charge < -0.3 is 25.2 Å². The molecule has 8 heteroatoms. The van der Waals surface area contributed by atoms with Gasteiger partial charge in [0.05, 0.1) is 26.9 Å². The molecule has 0 aliphatic carbocycles. The first-order valence-corrected chi connectivity index (χ1v) is 10.3. The van der Waals surface area contributed by atoms with Gasteiger partial charge in [-0.15, -0.1) is 24.0 Å². The predicted molar refractivity (Wildman–Crippen MR) is 133 cm³/mol. The van der Waals surface area contributed by atoms with Crippen LogP contribution >= 0.6 is 24.0 Å². The zero-order valence-electron chi connectivity index (χ0n) is 18.6. The van der Waals surface area contributed by atoms with E-state index in [1.165, 1.54) is 5.57 Å². The summed E-state index contributed by atoms with van der Waals surface area (Å²) in [4.78, 5) is 7.03. The van der Waals surface area contributed by atoms with Crippen molar-refractivity contribution in [2.24, 2.45) is 4.99 Å². The van der Waals surface area contributed by atoms with Crippen molar-refractivity contribution in [3.8, 4) is 11.5 Å². The lowest BCUT2D eigenvalue weighted by Crippen LogP contribution is -2.49. The molecule has 0 spiro atoms. The largest absolute Gasteiger partial charge is 0.497 e. The minimum atomic E-state index is -0.744. The summed E-state index contributed by atoms with van der Waals surface area (Å²) in [5, 5.41) is 17.4. The Morgan fingerprint density at radius 3 is 2.33 bits per heavy atom. The summed E-state index contributed by atoms with van der Waals surface area (Å²) in [5.74, 6) is 2.03. The first kappa shape index (κ1) is 26.5. The Hall–Kier alpha value is -1.52. The molecule has 1 aromatic carbocycles. The third-order valence-corrected chi connectivity index (χ3v) is 4.95. The van der Waals surface area contributed by atoms with Crippen LogP contribution in [0.4, 0.5) is 0 Å². The Labute approximate surface area is 197 Å². The average molecular weight is 532 g/mol. The zero-order valence-corrected chi connectivity index (χ0v) is 20.9. The molecule has 1 atom stereocenters. The normalized spacial score (nSPS) is 16.4. The monoisotopic (exact) mass is 532 g/mol. The van der Waals surface area contributed by atoms with Crippen LogP contribution in [0.15, 0.2) is 35.3 Å². The highest BCUT2D eigenvalue weighted by atomic mass is 127. The van der Waals surface area contributed by atoms with Gasteiger partial charge in [-0.05, 0) is 44.4 Å². The van der Waals surface area contributed by atoms with Crippen molar-refractivity contribution < 1.29 is 14.6 Å². The molecule has 1 aliphatic rings. The minimum Gasteiger partial charge on any atom is -0.497 e. The molecule has 30 heavy (non-hydrogen) atoms. The Kier molecular flexibility index (Phi) is 12.1. The van der Waals surface area contributed by atoms with Crippen molar-refractivity contribution in [2.45, 2.75) is 38.8 Å². The summed E-state index contributed by atoms with van der Waals surface area (Å²) in [7, 11) is 3.19. The molecule has 7 nitrogen and oxygen atoms in total. The summed E-state index contributed by atoms with van der Waals surface area (Å²) >= 11 is 0. The van der Waals surface area contributed by atoms with Gasteiger partial charge in [-0.3, -0.25) is 9.89 Å². The van der Waals surface area contributed by atoms with Gasteiger partial charge in [0.1, 0.15) is 11.5 Å². The molecular weight excluding hydrogens is 495 g/mol.